The highest BCUT2D eigenvalue weighted by molar-refractivity contribution is 6.68. The predicted octanol–water partition coefficient (Wildman–Crippen LogP) is 9.02. The summed E-state index contributed by atoms with van der Waals surface area (Å²) in [5.74, 6) is 0.866. The zero-order valence-electron chi connectivity index (χ0n) is 33.9. The van der Waals surface area contributed by atoms with Crippen LogP contribution in [0.4, 0.5) is 0 Å². The average Bonchev–Trinajstić information content (AvgIpc) is 3.91. The van der Waals surface area contributed by atoms with Gasteiger partial charge in [0.15, 0.2) is 0 Å². The van der Waals surface area contributed by atoms with Crippen LogP contribution in [0.3, 0.4) is 0 Å². The van der Waals surface area contributed by atoms with Gasteiger partial charge in [-0.05, 0) is 108 Å². The molecule has 0 unspecified atom stereocenters. The van der Waals surface area contributed by atoms with Gasteiger partial charge in [-0.2, -0.15) is 0 Å². The normalized spacial score (nSPS) is 11.8. The van der Waals surface area contributed by atoms with E-state index in [0.29, 0.717) is 5.56 Å². The molecule has 0 aliphatic carbocycles. The molecule has 0 fully saturated rings. The fourth-order valence-electron chi connectivity index (χ4n) is 9.66. The van der Waals surface area contributed by atoms with E-state index in [0.717, 1.165) is 99.4 Å². The maximum absolute atomic E-state index is 6.71. The first-order valence-electron chi connectivity index (χ1n) is 20.8. The van der Waals surface area contributed by atoms with Gasteiger partial charge >= 0.3 is 0 Å². The van der Waals surface area contributed by atoms with Gasteiger partial charge in [-0.3, -0.25) is 4.57 Å². The first kappa shape index (κ1) is 37.3. The number of hydrogen-bond acceptors (Lipinski definition) is 2. The van der Waals surface area contributed by atoms with Gasteiger partial charge in [0.1, 0.15) is 56.2 Å². The van der Waals surface area contributed by atoms with Crippen molar-refractivity contribution in [2.24, 2.45) is 0 Å². The van der Waals surface area contributed by atoms with Crippen molar-refractivity contribution in [1.29, 1.82) is 0 Å². The summed E-state index contributed by atoms with van der Waals surface area (Å²) in [7, 11) is 32.6. The van der Waals surface area contributed by atoms with Crippen molar-refractivity contribution in [2.75, 3.05) is 0 Å². The Morgan fingerprint density at radius 2 is 1.00 bits per heavy atom. The van der Waals surface area contributed by atoms with Crippen LogP contribution in [0.5, 0.6) is 0 Å². The average molecular weight is 788 g/mol. The highest BCUT2D eigenvalue weighted by Crippen LogP contribution is 2.48. The summed E-state index contributed by atoms with van der Waals surface area (Å²) >= 11 is 0. The van der Waals surface area contributed by atoms with E-state index in [9.17, 15) is 0 Å². The van der Waals surface area contributed by atoms with Crippen molar-refractivity contribution < 1.29 is 4.42 Å². The van der Waals surface area contributed by atoms with Crippen LogP contribution in [0, 0.1) is 0 Å². The molecule has 0 spiro atoms. The zero-order chi connectivity index (χ0) is 42.5. The van der Waals surface area contributed by atoms with Crippen molar-refractivity contribution in [3.63, 3.8) is 0 Å². The Morgan fingerprint density at radius 1 is 0.397 bits per heavy atom. The van der Waals surface area contributed by atoms with Crippen LogP contribution < -0.4 is 27.3 Å². The van der Waals surface area contributed by atoms with Crippen LogP contribution in [0.1, 0.15) is 0 Å². The lowest BCUT2D eigenvalue weighted by Gasteiger charge is -2.23. The molecule has 0 atom stereocenters. The van der Waals surface area contributed by atoms with Crippen molar-refractivity contribution in [1.82, 2.24) is 9.55 Å². The summed E-state index contributed by atoms with van der Waals surface area (Å²) in [4.78, 5) is 5.21. The van der Waals surface area contributed by atoms with Crippen LogP contribution in [-0.2, 0) is 0 Å². The summed E-state index contributed by atoms with van der Waals surface area (Å²) in [6.07, 6.45) is 0. The molecule has 10 aromatic carbocycles. The minimum atomic E-state index is 0.179. The molecule has 0 bridgehead atoms. The van der Waals surface area contributed by atoms with Gasteiger partial charge in [0.25, 0.3) is 0 Å². The number of para-hydroxylation sites is 3. The second-order valence-electron chi connectivity index (χ2n) is 16.1. The maximum Gasteiger partial charge on any atom is 0.145 e. The van der Waals surface area contributed by atoms with Crippen molar-refractivity contribution in [3.8, 4) is 50.5 Å². The fourth-order valence-corrected chi connectivity index (χ4v) is 9.66. The van der Waals surface area contributed by atoms with Gasteiger partial charge < -0.3 is 4.42 Å². The number of hydrogen-bond donors (Lipinski definition) is 0. The molecule has 63 heavy (non-hydrogen) atoms. The quantitative estimate of drug-likeness (QED) is 0.129. The van der Waals surface area contributed by atoms with E-state index < -0.39 is 0 Å². The van der Waals surface area contributed by atoms with Gasteiger partial charge in [-0.1, -0.05) is 144 Å². The number of benzene rings is 10. The molecule has 0 aliphatic heterocycles. The zero-order valence-corrected chi connectivity index (χ0v) is 33.9. The summed E-state index contributed by atoms with van der Waals surface area (Å²) in [5.41, 5.74) is 12.4. The highest BCUT2D eigenvalue weighted by Gasteiger charge is 2.23. The minimum absolute atomic E-state index is 0.179. The number of imidazole rings is 1. The van der Waals surface area contributed by atoms with Crippen LogP contribution in [0.25, 0.3) is 116 Å². The van der Waals surface area contributed by atoms with Crippen LogP contribution in [0.15, 0.2) is 180 Å². The van der Waals surface area contributed by atoms with E-state index in [1.807, 2.05) is 36.4 Å². The molecule has 0 saturated heterocycles. The predicted molar refractivity (Wildman–Crippen MR) is 270 cm³/mol. The van der Waals surface area contributed by atoms with Crippen molar-refractivity contribution in [2.45, 2.75) is 0 Å². The number of fused-ring (bicyclic) bond motifs is 7. The first-order valence-corrected chi connectivity index (χ1v) is 20.8. The summed E-state index contributed by atoms with van der Waals surface area (Å²) in [6.45, 7) is 0. The third kappa shape index (κ3) is 5.71. The maximum atomic E-state index is 6.71. The second kappa shape index (κ2) is 14.3. The Kier molecular flexibility index (Phi) is 8.49. The summed E-state index contributed by atoms with van der Waals surface area (Å²) in [6, 6.07) is 61.5. The molecule has 12 rings (SSSR count). The lowest BCUT2D eigenvalue weighted by atomic mass is 9.59. The van der Waals surface area contributed by atoms with Gasteiger partial charge in [0.2, 0.25) is 0 Å². The monoisotopic (exact) mass is 788 g/mol. The molecule has 0 N–H and O–H groups in total. The number of aromatic nitrogens is 2. The Balaban J connectivity index is 1.12. The summed E-state index contributed by atoms with van der Waals surface area (Å²) in [5, 5.41) is 8.66. The third-order valence-electron chi connectivity index (χ3n) is 12.7. The number of rotatable bonds is 5. The number of furan rings is 1. The van der Waals surface area contributed by atoms with Crippen LogP contribution >= 0.6 is 0 Å². The highest BCUT2D eigenvalue weighted by atomic mass is 16.3. The van der Waals surface area contributed by atoms with E-state index >= 15 is 0 Å². The van der Waals surface area contributed by atoms with Gasteiger partial charge in [-0.25, -0.2) is 4.98 Å². The standard InChI is InChI=1S/C55H29B5N2O/c56-50-47(51(57)53(59)54(60)52(50)58)34-25-27-38-41(29-34)48(40-15-9-19-45-49(40)39-14-5-8-18-44(39)63-45)37-13-4-3-12-36(37)46(38)31-20-22-32(23-21-31)55-61-42-16-6-7-17-43(42)62(55)35-26-24-30-10-1-2-11-33(30)28-35/h1-29H. The van der Waals surface area contributed by atoms with Gasteiger partial charge in [0, 0.05) is 22.0 Å². The van der Waals surface area contributed by atoms with E-state index in [-0.39, 0.29) is 27.3 Å². The molecular weight excluding hydrogens is 759 g/mol. The van der Waals surface area contributed by atoms with Crippen molar-refractivity contribution in [3.05, 3.63) is 176 Å². The molecule has 10 radical (unpaired) electrons. The van der Waals surface area contributed by atoms with E-state index in [1.165, 1.54) is 10.8 Å². The lowest BCUT2D eigenvalue weighted by Crippen LogP contribution is -2.55. The van der Waals surface area contributed by atoms with E-state index in [4.69, 9.17) is 48.6 Å². The molecule has 0 amide bonds. The molecule has 3 nitrogen and oxygen atoms in total. The van der Waals surface area contributed by atoms with Crippen LogP contribution in [0.2, 0.25) is 0 Å². The number of nitrogens with zero attached hydrogens (tertiary/aromatic N) is 2. The Morgan fingerprint density at radius 3 is 1.79 bits per heavy atom. The first-order chi connectivity index (χ1) is 30.8. The van der Waals surface area contributed by atoms with Gasteiger partial charge in [0.05, 0.1) is 11.0 Å². The molecular formula is C55H29B5N2O. The fraction of sp³-hybridized carbons (Fsp3) is 0. The molecule has 2 aromatic heterocycles. The van der Waals surface area contributed by atoms with E-state index in [2.05, 4.69) is 144 Å². The van der Waals surface area contributed by atoms with Gasteiger partial charge in [-0.15, -0.1) is 16.4 Å². The molecule has 2 heterocycles. The largest absolute Gasteiger partial charge is 0.456 e. The Labute approximate surface area is 370 Å². The lowest BCUT2D eigenvalue weighted by molar-refractivity contribution is 0.669. The molecule has 280 valence electrons. The molecule has 12 aromatic rings. The summed E-state index contributed by atoms with van der Waals surface area (Å²) < 4.78 is 8.69. The third-order valence-corrected chi connectivity index (χ3v) is 12.7. The van der Waals surface area contributed by atoms with Crippen LogP contribution in [-0.4, -0.2) is 48.8 Å². The SMILES string of the molecule is [B]c1c([B])c([B])c(-c2ccc3c(-c4ccc(-c5nc6ccccc6n5-c5ccc6ccccc6c5)cc4)c4ccccc4c(-c4cccc5oc6ccccc6c45)c3c2)c([B])c1[B]. The Hall–Kier alpha value is -7.43. The topological polar surface area (TPSA) is 31.0 Å². The van der Waals surface area contributed by atoms with E-state index in [1.54, 1.807) is 0 Å². The molecule has 0 saturated carbocycles. The second-order valence-corrected chi connectivity index (χ2v) is 16.1. The minimum Gasteiger partial charge on any atom is -0.456 e. The van der Waals surface area contributed by atoms with Crippen molar-refractivity contribution >= 4 is 132 Å². The smallest absolute Gasteiger partial charge is 0.145 e. The molecule has 0 aliphatic rings. The Bertz CT molecular complexity index is 3840. The molecule has 8 heteroatoms.